The first-order valence-corrected chi connectivity index (χ1v) is 8.43. The number of rotatable bonds is 5. The molecule has 3 rings (SSSR count). The molecular formula is C18H14N4O3S. The van der Waals surface area contributed by atoms with Gasteiger partial charge in [0.05, 0.1) is 4.92 Å². The molecule has 0 saturated heterocycles. The highest BCUT2D eigenvalue weighted by Gasteiger charge is 2.06. The van der Waals surface area contributed by atoms with Crippen molar-refractivity contribution in [3.05, 3.63) is 83.0 Å². The lowest BCUT2D eigenvalue weighted by Gasteiger charge is -2.08. The minimum atomic E-state index is -0.426. The zero-order valence-corrected chi connectivity index (χ0v) is 14.3. The molecule has 0 unspecified atom stereocenters. The number of nitro groups is 1. The quantitative estimate of drug-likeness (QED) is 0.500. The second kappa shape index (κ2) is 8.13. The summed E-state index contributed by atoms with van der Waals surface area (Å²) in [4.78, 5) is 28.0. The maximum Gasteiger partial charge on any atom is 0.324 e. The van der Waals surface area contributed by atoms with Gasteiger partial charge in [0, 0.05) is 33.8 Å². The fourth-order valence-electron chi connectivity index (χ4n) is 2.09. The van der Waals surface area contributed by atoms with Gasteiger partial charge in [-0.15, -0.1) is 0 Å². The van der Waals surface area contributed by atoms with E-state index < -0.39 is 4.92 Å². The summed E-state index contributed by atoms with van der Waals surface area (Å²) in [6, 6.07) is 18.5. The third-order valence-electron chi connectivity index (χ3n) is 3.30. The standard InChI is InChI=1S/C18H14N4O3S/c23-18(21-17-3-1-2-12-19-17)20-13-4-8-15(9-5-13)26-16-10-6-14(7-11-16)22(24)25/h1-12H,(H2,19,20,21,23). The van der Waals surface area contributed by atoms with Crippen LogP contribution in [-0.4, -0.2) is 15.9 Å². The van der Waals surface area contributed by atoms with Gasteiger partial charge in [-0.05, 0) is 48.5 Å². The van der Waals surface area contributed by atoms with Crippen LogP contribution in [0.25, 0.3) is 0 Å². The number of amides is 2. The molecule has 0 spiro atoms. The molecule has 2 amide bonds. The average Bonchev–Trinajstić information content (AvgIpc) is 2.64. The number of nitrogens with zero attached hydrogens (tertiary/aromatic N) is 2. The molecule has 0 saturated carbocycles. The summed E-state index contributed by atoms with van der Waals surface area (Å²) in [6.07, 6.45) is 1.60. The minimum Gasteiger partial charge on any atom is -0.308 e. The molecule has 2 aromatic carbocycles. The molecule has 0 radical (unpaired) electrons. The van der Waals surface area contributed by atoms with E-state index in [4.69, 9.17) is 0 Å². The third kappa shape index (κ3) is 4.81. The Bertz CT molecular complexity index is 900. The fourth-order valence-corrected chi connectivity index (χ4v) is 2.91. The topological polar surface area (TPSA) is 97.2 Å². The van der Waals surface area contributed by atoms with Crippen molar-refractivity contribution in [2.45, 2.75) is 9.79 Å². The van der Waals surface area contributed by atoms with Crippen molar-refractivity contribution in [3.63, 3.8) is 0 Å². The number of anilines is 2. The lowest BCUT2D eigenvalue weighted by Crippen LogP contribution is -2.19. The highest BCUT2D eigenvalue weighted by molar-refractivity contribution is 7.99. The van der Waals surface area contributed by atoms with E-state index in [0.717, 1.165) is 9.79 Å². The largest absolute Gasteiger partial charge is 0.324 e. The summed E-state index contributed by atoms with van der Waals surface area (Å²) < 4.78 is 0. The van der Waals surface area contributed by atoms with E-state index in [9.17, 15) is 14.9 Å². The molecule has 1 aromatic heterocycles. The molecule has 3 aromatic rings. The van der Waals surface area contributed by atoms with E-state index in [1.807, 2.05) is 12.1 Å². The number of hydrogen-bond acceptors (Lipinski definition) is 5. The van der Waals surface area contributed by atoms with E-state index >= 15 is 0 Å². The predicted molar refractivity (Wildman–Crippen MR) is 101 cm³/mol. The van der Waals surface area contributed by atoms with Gasteiger partial charge in [-0.1, -0.05) is 17.8 Å². The molecule has 130 valence electrons. The van der Waals surface area contributed by atoms with Gasteiger partial charge in [0.15, 0.2) is 0 Å². The molecule has 7 nitrogen and oxygen atoms in total. The Labute approximate surface area is 153 Å². The number of pyridine rings is 1. The molecule has 26 heavy (non-hydrogen) atoms. The van der Waals surface area contributed by atoms with Crippen LogP contribution < -0.4 is 10.6 Å². The number of non-ortho nitro benzene ring substituents is 1. The fraction of sp³-hybridized carbons (Fsp3) is 0. The van der Waals surface area contributed by atoms with Gasteiger partial charge in [0.2, 0.25) is 0 Å². The lowest BCUT2D eigenvalue weighted by molar-refractivity contribution is -0.384. The number of nitro benzene ring substituents is 1. The lowest BCUT2D eigenvalue weighted by atomic mass is 10.3. The first-order chi connectivity index (χ1) is 12.6. The Kier molecular flexibility index (Phi) is 5.45. The molecule has 0 bridgehead atoms. The van der Waals surface area contributed by atoms with Gasteiger partial charge in [-0.25, -0.2) is 9.78 Å². The van der Waals surface area contributed by atoms with Crippen molar-refractivity contribution < 1.29 is 9.72 Å². The molecule has 0 aliphatic heterocycles. The molecular weight excluding hydrogens is 352 g/mol. The normalized spacial score (nSPS) is 10.2. The number of aromatic nitrogens is 1. The number of benzene rings is 2. The SMILES string of the molecule is O=C(Nc1ccc(Sc2ccc([N+](=O)[O-])cc2)cc1)Nc1ccccn1. The number of carbonyl (C=O) groups excluding carboxylic acids is 1. The number of hydrogen-bond donors (Lipinski definition) is 2. The summed E-state index contributed by atoms with van der Waals surface area (Å²) in [7, 11) is 0. The maximum atomic E-state index is 11.9. The summed E-state index contributed by atoms with van der Waals surface area (Å²) in [5.41, 5.74) is 0.708. The predicted octanol–water partition coefficient (Wildman–Crippen LogP) is 4.79. The molecule has 1 heterocycles. The molecule has 8 heteroatoms. The van der Waals surface area contributed by atoms with Crippen LogP contribution in [0.3, 0.4) is 0 Å². The number of urea groups is 1. The van der Waals surface area contributed by atoms with Crippen LogP contribution >= 0.6 is 11.8 Å². The van der Waals surface area contributed by atoms with Crippen LogP contribution in [0.4, 0.5) is 22.0 Å². The van der Waals surface area contributed by atoms with Crippen molar-refractivity contribution in [1.29, 1.82) is 0 Å². The molecule has 0 aliphatic rings. The van der Waals surface area contributed by atoms with Crippen molar-refractivity contribution in [1.82, 2.24) is 4.98 Å². The zero-order chi connectivity index (χ0) is 18.4. The van der Waals surface area contributed by atoms with E-state index in [0.29, 0.717) is 11.5 Å². The van der Waals surface area contributed by atoms with E-state index in [2.05, 4.69) is 15.6 Å². The first kappa shape index (κ1) is 17.4. The van der Waals surface area contributed by atoms with Crippen LogP contribution in [0.1, 0.15) is 0 Å². The zero-order valence-electron chi connectivity index (χ0n) is 13.5. The summed E-state index contributed by atoms with van der Waals surface area (Å²) in [5.74, 6) is 0.468. The van der Waals surface area contributed by atoms with Crippen LogP contribution in [0, 0.1) is 10.1 Å². The second-order valence-corrected chi connectivity index (χ2v) is 6.32. The van der Waals surface area contributed by atoms with E-state index in [1.165, 1.54) is 23.9 Å². The third-order valence-corrected chi connectivity index (χ3v) is 4.32. The Morgan fingerprint density at radius 1 is 0.923 bits per heavy atom. The van der Waals surface area contributed by atoms with Crippen molar-refractivity contribution in [2.24, 2.45) is 0 Å². The van der Waals surface area contributed by atoms with Crippen molar-refractivity contribution in [2.75, 3.05) is 10.6 Å². The van der Waals surface area contributed by atoms with Gasteiger partial charge in [0.1, 0.15) is 5.82 Å². The summed E-state index contributed by atoms with van der Waals surface area (Å²) >= 11 is 1.48. The molecule has 0 atom stereocenters. The number of nitrogens with one attached hydrogen (secondary N) is 2. The van der Waals surface area contributed by atoms with Crippen LogP contribution in [-0.2, 0) is 0 Å². The Morgan fingerprint density at radius 3 is 2.15 bits per heavy atom. The van der Waals surface area contributed by atoms with Crippen molar-refractivity contribution >= 4 is 35.0 Å². The van der Waals surface area contributed by atoms with E-state index in [-0.39, 0.29) is 11.7 Å². The monoisotopic (exact) mass is 366 g/mol. The highest BCUT2D eigenvalue weighted by atomic mass is 32.2. The summed E-state index contributed by atoms with van der Waals surface area (Å²) in [6.45, 7) is 0. The second-order valence-electron chi connectivity index (χ2n) is 5.17. The van der Waals surface area contributed by atoms with Gasteiger partial charge in [0.25, 0.3) is 5.69 Å². The van der Waals surface area contributed by atoms with Crippen LogP contribution in [0.2, 0.25) is 0 Å². The first-order valence-electron chi connectivity index (χ1n) is 7.61. The van der Waals surface area contributed by atoms with Gasteiger partial charge in [-0.3, -0.25) is 15.4 Å². The average molecular weight is 366 g/mol. The maximum absolute atomic E-state index is 11.9. The van der Waals surface area contributed by atoms with Gasteiger partial charge < -0.3 is 5.32 Å². The molecule has 0 aliphatic carbocycles. The van der Waals surface area contributed by atoms with Gasteiger partial charge in [-0.2, -0.15) is 0 Å². The van der Waals surface area contributed by atoms with Gasteiger partial charge >= 0.3 is 6.03 Å². The Hall–Kier alpha value is -3.39. The number of carbonyl (C=O) groups is 1. The smallest absolute Gasteiger partial charge is 0.308 e. The van der Waals surface area contributed by atoms with Crippen LogP contribution in [0.5, 0.6) is 0 Å². The van der Waals surface area contributed by atoms with Crippen molar-refractivity contribution in [3.8, 4) is 0 Å². The van der Waals surface area contributed by atoms with E-state index in [1.54, 1.807) is 48.7 Å². The molecule has 0 fully saturated rings. The highest BCUT2D eigenvalue weighted by Crippen LogP contribution is 2.29. The minimum absolute atomic E-state index is 0.0628. The Balaban J connectivity index is 1.57. The Morgan fingerprint density at radius 2 is 1.58 bits per heavy atom. The van der Waals surface area contributed by atoms with Crippen LogP contribution in [0.15, 0.2) is 82.7 Å². The molecule has 2 N–H and O–H groups in total. The summed E-state index contributed by atoms with van der Waals surface area (Å²) in [5, 5.41) is 16.0.